The van der Waals surface area contributed by atoms with Gasteiger partial charge in [0, 0.05) is 19.4 Å². The highest BCUT2D eigenvalue weighted by Crippen LogP contribution is 2.29. The van der Waals surface area contributed by atoms with Gasteiger partial charge in [0.25, 0.3) is 0 Å². The average Bonchev–Trinajstić information content (AvgIpc) is 2.40. The van der Waals surface area contributed by atoms with E-state index < -0.39 is 5.97 Å². The molecule has 0 aromatic heterocycles. The van der Waals surface area contributed by atoms with E-state index >= 15 is 0 Å². The second-order valence-electron chi connectivity index (χ2n) is 5.56. The summed E-state index contributed by atoms with van der Waals surface area (Å²) in [5, 5.41) is 7.91. The molecular weight excluding hydrogens is 258 g/mol. The Hall–Kier alpha value is -1.10. The van der Waals surface area contributed by atoms with E-state index in [4.69, 9.17) is 9.84 Å². The highest BCUT2D eigenvalue weighted by Gasteiger charge is 2.36. The van der Waals surface area contributed by atoms with Crippen molar-refractivity contribution in [1.29, 1.82) is 0 Å². The van der Waals surface area contributed by atoms with E-state index in [9.17, 15) is 9.59 Å². The number of carboxylic acid groups (broad SMARTS) is 1. The molecule has 3 saturated heterocycles. The zero-order valence-electron chi connectivity index (χ0n) is 12.6. The Labute approximate surface area is 121 Å². The molecule has 0 amide bonds. The number of nitrogens with zero attached hydrogens (tertiary/aromatic N) is 1. The minimum absolute atomic E-state index is 0.00810. The van der Waals surface area contributed by atoms with E-state index in [0.29, 0.717) is 18.8 Å². The van der Waals surface area contributed by atoms with Crippen LogP contribution in [0.2, 0.25) is 0 Å². The summed E-state index contributed by atoms with van der Waals surface area (Å²) in [5.74, 6) is -0.0791. The van der Waals surface area contributed by atoms with Crippen molar-refractivity contribution < 1.29 is 19.4 Å². The standard InChI is InChI=1S/C11H19NO2.C4H8O2/c1-2-3-11(13)14-10-8-12-6-4-9(10)5-7-12;1-2-3-4(5)6/h9-10H,2-8H2,1H3;2-3H2,1H3,(H,5,6). The predicted molar refractivity (Wildman–Crippen MR) is 76.5 cm³/mol. The van der Waals surface area contributed by atoms with Crippen LogP contribution in [0.4, 0.5) is 0 Å². The van der Waals surface area contributed by atoms with E-state index in [1.165, 1.54) is 25.9 Å². The van der Waals surface area contributed by atoms with E-state index in [0.717, 1.165) is 19.4 Å². The van der Waals surface area contributed by atoms with Crippen LogP contribution in [0.5, 0.6) is 0 Å². The molecule has 3 heterocycles. The van der Waals surface area contributed by atoms with Crippen molar-refractivity contribution in [1.82, 2.24) is 4.90 Å². The normalized spacial score (nSPS) is 27.4. The van der Waals surface area contributed by atoms with Crippen LogP contribution < -0.4 is 0 Å². The molecule has 20 heavy (non-hydrogen) atoms. The number of esters is 1. The summed E-state index contributed by atoms with van der Waals surface area (Å²) in [6.45, 7) is 7.23. The van der Waals surface area contributed by atoms with Crippen molar-refractivity contribution in [3.8, 4) is 0 Å². The van der Waals surface area contributed by atoms with E-state index in [1.807, 2.05) is 13.8 Å². The smallest absolute Gasteiger partial charge is 0.306 e. The van der Waals surface area contributed by atoms with Gasteiger partial charge in [0.1, 0.15) is 6.10 Å². The van der Waals surface area contributed by atoms with Crippen molar-refractivity contribution in [2.24, 2.45) is 5.92 Å². The number of piperidine rings is 3. The van der Waals surface area contributed by atoms with E-state index in [2.05, 4.69) is 4.90 Å². The fourth-order valence-electron chi connectivity index (χ4n) is 2.69. The molecule has 5 heteroatoms. The number of carbonyl (C=O) groups excluding carboxylic acids is 1. The first-order chi connectivity index (χ1) is 9.56. The molecule has 0 aliphatic carbocycles. The van der Waals surface area contributed by atoms with E-state index in [-0.39, 0.29) is 12.1 Å². The Kier molecular flexibility index (Phi) is 7.59. The van der Waals surface area contributed by atoms with Gasteiger partial charge in [0.05, 0.1) is 0 Å². The van der Waals surface area contributed by atoms with Gasteiger partial charge in [-0.3, -0.25) is 14.5 Å². The first kappa shape index (κ1) is 17.0. The lowest BCUT2D eigenvalue weighted by molar-refractivity contribution is -0.158. The van der Waals surface area contributed by atoms with Gasteiger partial charge in [-0.15, -0.1) is 0 Å². The van der Waals surface area contributed by atoms with Gasteiger partial charge in [-0.2, -0.15) is 0 Å². The summed E-state index contributed by atoms with van der Waals surface area (Å²) in [6, 6.07) is 0. The minimum atomic E-state index is -0.711. The maximum atomic E-state index is 11.3. The molecule has 0 spiro atoms. The molecule has 1 atom stereocenters. The lowest BCUT2D eigenvalue weighted by Crippen LogP contribution is -2.51. The molecule has 116 valence electrons. The van der Waals surface area contributed by atoms with Crippen LogP contribution in [0.1, 0.15) is 52.4 Å². The van der Waals surface area contributed by atoms with Gasteiger partial charge < -0.3 is 9.84 Å². The Morgan fingerprint density at radius 2 is 1.75 bits per heavy atom. The van der Waals surface area contributed by atoms with E-state index in [1.54, 1.807) is 0 Å². The lowest BCUT2D eigenvalue weighted by Gasteiger charge is -2.43. The maximum Gasteiger partial charge on any atom is 0.306 e. The first-order valence-corrected chi connectivity index (χ1v) is 7.70. The van der Waals surface area contributed by atoms with Gasteiger partial charge in [-0.05, 0) is 44.7 Å². The third-order valence-corrected chi connectivity index (χ3v) is 3.80. The fourth-order valence-corrected chi connectivity index (χ4v) is 2.69. The molecule has 3 aliphatic heterocycles. The molecule has 3 fully saturated rings. The number of hydrogen-bond acceptors (Lipinski definition) is 4. The molecule has 0 aromatic carbocycles. The predicted octanol–water partition coefficient (Wildman–Crippen LogP) is 2.30. The highest BCUT2D eigenvalue weighted by molar-refractivity contribution is 5.69. The molecule has 1 unspecified atom stereocenters. The minimum Gasteiger partial charge on any atom is -0.481 e. The zero-order valence-corrected chi connectivity index (χ0v) is 12.6. The number of carboxylic acids is 1. The van der Waals surface area contributed by atoms with Gasteiger partial charge in [0.2, 0.25) is 0 Å². The fraction of sp³-hybridized carbons (Fsp3) is 0.867. The quantitative estimate of drug-likeness (QED) is 0.785. The number of carbonyl (C=O) groups is 2. The van der Waals surface area contributed by atoms with Gasteiger partial charge in [0.15, 0.2) is 0 Å². The molecular formula is C15H27NO4. The number of rotatable bonds is 5. The van der Waals surface area contributed by atoms with Crippen molar-refractivity contribution >= 4 is 11.9 Å². The summed E-state index contributed by atoms with van der Waals surface area (Å²) in [7, 11) is 0. The molecule has 0 saturated carbocycles. The van der Waals surface area contributed by atoms with Crippen LogP contribution in [0.25, 0.3) is 0 Å². The molecule has 0 radical (unpaired) electrons. The summed E-state index contributed by atoms with van der Waals surface area (Å²) >= 11 is 0. The Morgan fingerprint density at radius 1 is 1.15 bits per heavy atom. The summed E-state index contributed by atoms with van der Waals surface area (Å²) in [4.78, 5) is 23.4. The Balaban J connectivity index is 0.000000286. The molecule has 0 aromatic rings. The third kappa shape index (κ3) is 5.90. The monoisotopic (exact) mass is 285 g/mol. The van der Waals surface area contributed by atoms with Crippen molar-refractivity contribution in [3.63, 3.8) is 0 Å². The molecule has 2 bridgehead atoms. The second-order valence-corrected chi connectivity index (χ2v) is 5.56. The number of ether oxygens (including phenoxy) is 1. The summed E-state index contributed by atoms with van der Waals surface area (Å²) < 4.78 is 5.49. The van der Waals surface area contributed by atoms with Crippen LogP contribution in [-0.4, -0.2) is 47.7 Å². The molecule has 5 nitrogen and oxygen atoms in total. The Morgan fingerprint density at radius 3 is 2.10 bits per heavy atom. The van der Waals surface area contributed by atoms with Gasteiger partial charge in [-0.1, -0.05) is 13.8 Å². The largest absolute Gasteiger partial charge is 0.481 e. The average molecular weight is 285 g/mol. The maximum absolute atomic E-state index is 11.3. The first-order valence-electron chi connectivity index (χ1n) is 7.70. The van der Waals surface area contributed by atoms with Crippen LogP contribution in [-0.2, 0) is 14.3 Å². The third-order valence-electron chi connectivity index (χ3n) is 3.80. The van der Waals surface area contributed by atoms with Crippen molar-refractivity contribution in [2.45, 2.75) is 58.5 Å². The molecule has 1 N–H and O–H groups in total. The number of aliphatic carboxylic acids is 1. The van der Waals surface area contributed by atoms with Crippen molar-refractivity contribution in [3.05, 3.63) is 0 Å². The molecule has 3 rings (SSSR count). The highest BCUT2D eigenvalue weighted by atomic mass is 16.5. The molecule has 3 aliphatic rings. The number of hydrogen-bond donors (Lipinski definition) is 1. The van der Waals surface area contributed by atoms with Crippen LogP contribution in [0.3, 0.4) is 0 Å². The van der Waals surface area contributed by atoms with Crippen LogP contribution >= 0.6 is 0 Å². The van der Waals surface area contributed by atoms with Gasteiger partial charge in [-0.25, -0.2) is 0 Å². The lowest BCUT2D eigenvalue weighted by atomic mass is 9.86. The van der Waals surface area contributed by atoms with Gasteiger partial charge >= 0.3 is 11.9 Å². The SMILES string of the molecule is CCCC(=O)O.CCCC(=O)OC1CN2CCC1CC2. The number of fused-ring (bicyclic) bond motifs is 3. The topological polar surface area (TPSA) is 66.8 Å². The zero-order chi connectivity index (χ0) is 15.0. The van der Waals surface area contributed by atoms with Crippen molar-refractivity contribution in [2.75, 3.05) is 19.6 Å². The van der Waals surface area contributed by atoms with Crippen LogP contribution in [0, 0.1) is 5.92 Å². The van der Waals surface area contributed by atoms with Crippen LogP contribution in [0.15, 0.2) is 0 Å². The second kappa shape index (κ2) is 8.95. The summed E-state index contributed by atoms with van der Waals surface area (Å²) in [5.41, 5.74) is 0. The Bertz CT molecular complexity index is 311. The summed E-state index contributed by atoms with van der Waals surface area (Å²) in [6.07, 6.45) is 5.10.